The van der Waals surface area contributed by atoms with Gasteiger partial charge in [0.1, 0.15) is 6.54 Å². The summed E-state index contributed by atoms with van der Waals surface area (Å²) in [5.41, 5.74) is 0.167. The summed E-state index contributed by atoms with van der Waals surface area (Å²) in [5, 5.41) is 2.43. The van der Waals surface area contributed by atoms with Gasteiger partial charge in [-0.25, -0.2) is 9.78 Å². The minimum atomic E-state index is -0.595. The molecule has 0 saturated carbocycles. The van der Waals surface area contributed by atoms with Crippen LogP contribution in [0.3, 0.4) is 0 Å². The van der Waals surface area contributed by atoms with Crippen LogP contribution in [0.25, 0.3) is 0 Å². The van der Waals surface area contributed by atoms with E-state index in [0.717, 1.165) is 32.1 Å². The van der Waals surface area contributed by atoms with E-state index < -0.39 is 17.8 Å². The molecule has 0 saturated heterocycles. The molecule has 1 aromatic heterocycles. The lowest BCUT2D eigenvalue weighted by molar-refractivity contribution is -0.142. The molecular weight excluding hydrogens is 352 g/mol. The van der Waals surface area contributed by atoms with Crippen LogP contribution in [0.4, 0.5) is 0 Å². The molecule has 8 heteroatoms. The molecule has 1 amide bonds. The van der Waals surface area contributed by atoms with Crippen molar-refractivity contribution in [3.8, 4) is 5.75 Å². The van der Waals surface area contributed by atoms with E-state index in [1.54, 1.807) is 0 Å². The van der Waals surface area contributed by atoms with E-state index in [9.17, 15) is 14.4 Å². The maximum absolute atomic E-state index is 12.2. The first kappa shape index (κ1) is 22.4. The summed E-state index contributed by atoms with van der Waals surface area (Å²) < 4.78 is 15.3. The molecule has 150 valence electrons. The zero-order valence-electron chi connectivity index (χ0n) is 16.2. The zero-order chi connectivity index (χ0) is 20.1. The number of hydrogen-bond donors (Lipinski definition) is 1. The molecule has 27 heavy (non-hydrogen) atoms. The number of methoxy groups -OCH3 is 1. The lowest BCUT2D eigenvalue weighted by Crippen LogP contribution is -2.31. The van der Waals surface area contributed by atoms with Crippen LogP contribution in [0.5, 0.6) is 5.75 Å². The van der Waals surface area contributed by atoms with Gasteiger partial charge in [0.15, 0.2) is 11.4 Å². The van der Waals surface area contributed by atoms with Crippen molar-refractivity contribution in [2.45, 2.75) is 46.0 Å². The molecule has 8 nitrogen and oxygen atoms in total. The summed E-state index contributed by atoms with van der Waals surface area (Å²) in [6.45, 7) is 4.43. The highest BCUT2D eigenvalue weighted by Gasteiger charge is 2.18. The van der Waals surface area contributed by atoms with Crippen LogP contribution >= 0.6 is 0 Å². The Morgan fingerprint density at radius 1 is 1.04 bits per heavy atom. The molecule has 0 radical (unpaired) electrons. The Hall–Kier alpha value is -2.64. The highest BCUT2D eigenvalue weighted by molar-refractivity contribution is 5.98. The third-order valence-corrected chi connectivity index (χ3v) is 3.66. The SMILES string of the molecule is CCCCCOC(=O)c1cnc(C(=O)NCC(=O)OCCCC)c(OC)c1. The second-order valence-electron chi connectivity index (χ2n) is 5.87. The fraction of sp³-hybridized carbons (Fsp3) is 0.579. The summed E-state index contributed by atoms with van der Waals surface area (Å²) in [5.74, 6) is -1.52. The number of nitrogens with one attached hydrogen (secondary N) is 1. The van der Waals surface area contributed by atoms with Gasteiger partial charge in [0.05, 0.1) is 25.9 Å². The van der Waals surface area contributed by atoms with Crippen molar-refractivity contribution in [2.75, 3.05) is 26.9 Å². The highest BCUT2D eigenvalue weighted by Crippen LogP contribution is 2.18. The van der Waals surface area contributed by atoms with Crippen LogP contribution in [-0.4, -0.2) is 49.7 Å². The summed E-state index contributed by atoms with van der Waals surface area (Å²) in [4.78, 5) is 39.8. The van der Waals surface area contributed by atoms with Crippen molar-refractivity contribution in [1.82, 2.24) is 10.3 Å². The molecule has 0 fully saturated rings. The third-order valence-electron chi connectivity index (χ3n) is 3.66. The fourth-order valence-electron chi connectivity index (χ4n) is 2.10. The molecule has 1 N–H and O–H groups in total. The average Bonchev–Trinajstić information content (AvgIpc) is 2.68. The number of pyridine rings is 1. The molecular formula is C19H28N2O6. The van der Waals surface area contributed by atoms with Crippen LogP contribution in [0.2, 0.25) is 0 Å². The predicted molar refractivity (Wildman–Crippen MR) is 98.8 cm³/mol. The average molecular weight is 380 g/mol. The topological polar surface area (TPSA) is 104 Å². The van der Waals surface area contributed by atoms with Gasteiger partial charge in [0, 0.05) is 6.20 Å². The largest absolute Gasteiger partial charge is 0.494 e. The molecule has 0 atom stereocenters. The van der Waals surface area contributed by atoms with Gasteiger partial charge in [0.2, 0.25) is 0 Å². The number of esters is 2. The van der Waals surface area contributed by atoms with E-state index in [0.29, 0.717) is 13.2 Å². The van der Waals surface area contributed by atoms with Crippen LogP contribution in [0.15, 0.2) is 12.3 Å². The zero-order valence-corrected chi connectivity index (χ0v) is 16.2. The van der Waals surface area contributed by atoms with E-state index in [1.165, 1.54) is 19.4 Å². The Bertz CT molecular complexity index is 633. The number of carbonyl (C=O) groups excluding carboxylic acids is 3. The first-order valence-corrected chi connectivity index (χ1v) is 9.18. The minimum absolute atomic E-state index is 0.0265. The van der Waals surface area contributed by atoms with Crippen LogP contribution in [0.1, 0.15) is 66.8 Å². The molecule has 0 bridgehead atoms. The van der Waals surface area contributed by atoms with Gasteiger partial charge in [-0.15, -0.1) is 0 Å². The first-order valence-electron chi connectivity index (χ1n) is 9.18. The highest BCUT2D eigenvalue weighted by atomic mass is 16.5. The lowest BCUT2D eigenvalue weighted by atomic mass is 10.2. The van der Waals surface area contributed by atoms with E-state index in [-0.39, 0.29) is 23.6 Å². The quantitative estimate of drug-likeness (QED) is 0.439. The number of aromatic nitrogens is 1. The van der Waals surface area contributed by atoms with Crippen molar-refractivity contribution < 1.29 is 28.6 Å². The standard InChI is InChI=1S/C19H28N2O6/c1-4-6-8-10-27-19(24)14-11-15(25-3)17(20-12-14)18(23)21-13-16(22)26-9-7-5-2/h11-12H,4-10,13H2,1-3H3,(H,21,23). The number of rotatable bonds is 12. The van der Waals surface area contributed by atoms with E-state index >= 15 is 0 Å². The van der Waals surface area contributed by atoms with Crippen molar-refractivity contribution in [1.29, 1.82) is 0 Å². The maximum atomic E-state index is 12.2. The molecule has 1 rings (SSSR count). The third kappa shape index (κ3) is 8.06. The molecule has 0 aliphatic heterocycles. The van der Waals surface area contributed by atoms with Crippen molar-refractivity contribution in [3.63, 3.8) is 0 Å². The Morgan fingerprint density at radius 3 is 2.41 bits per heavy atom. The molecule has 1 heterocycles. The predicted octanol–water partition coefficient (Wildman–Crippen LogP) is 2.51. The molecule has 1 aromatic rings. The van der Waals surface area contributed by atoms with Crippen LogP contribution in [0, 0.1) is 0 Å². The number of amides is 1. The Kier molecular flexibility index (Phi) is 10.5. The Balaban J connectivity index is 2.63. The lowest BCUT2D eigenvalue weighted by Gasteiger charge is -2.10. The number of nitrogens with zero attached hydrogens (tertiary/aromatic N) is 1. The Labute approximate surface area is 159 Å². The van der Waals surface area contributed by atoms with Crippen LogP contribution in [-0.2, 0) is 14.3 Å². The van der Waals surface area contributed by atoms with Gasteiger partial charge in [-0.1, -0.05) is 33.1 Å². The monoisotopic (exact) mass is 380 g/mol. The van der Waals surface area contributed by atoms with Gasteiger partial charge in [0.25, 0.3) is 5.91 Å². The molecule has 0 aromatic carbocycles. The van der Waals surface area contributed by atoms with Gasteiger partial charge < -0.3 is 19.5 Å². The number of hydrogen-bond acceptors (Lipinski definition) is 7. The number of carbonyl (C=O) groups is 3. The van der Waals surface area contributed by atoms with Gasteiger partial charge in [-0.2, -0.15) is 0 Å². The van der Waals surface area contributed by atoms with Crippen molar-refractivity contribution in [3.05, 3.63) is 23.5 Å². The first-order chi connectivity index (χ1) is 13.0. The van der Waals surface area contributed by atoms with E-state index in [4.69, 9.17) is 14.2 Å². The Morgan fingerprint density at radius 2 is 1.74 bits per heavy atom. The second-order valence-corrected chi connectivity index (χ2v) is 5.87. The smallest absolute Gasteiger partial charge is 0.339 e. The normalized spacial score (nSPS) is 10.2. The molecule has 0 aliphatic rings. The summed E-state index contributed by atoms with van der Waals surface area (Å²) in [6.07, 6.45) is 5.73. The van der Waals surface area contributed by atoms with Gasteiger partial charge in [-0.05, 0) is 18.9 Å². The summed E-state index contributed by atoms with van der Waals surface area (Å²) >= 11 is 0. The number of ether oxygens (including phenoxy) is 3. The van der Waals surface area contributed by atoms with E-state index in [2.05, 4.69) is 17.2 Å². The fourth-order valence-corrected chi connectivity index (χ4v) is 2.10. The minimum Gasteiger partial charge on any atom is -0.494 e. The molecule has 0 unspecified atom stereocenters. The molecule has 0 spiro atoms. The van der Waals surface area contributed by atoms with Gasteiger partial charge in [-0.3, -0.25) is 9.59 Å². The van der Waals surface area contributed by atoms with E-state index in [1.807, 2.05) is 6.92 Å². The van der Waals surface area contributed by atoms with Gasteiger partial charge >= 0.3 is 11.9 Å². The summed E-state index contributed by atoms with van der Waals surface area (Å²) in [6, 6.07) is 1.39. The second kappa shape index (κ2) is 12.7. The van der Waals surface area contributed by atoms with Crippen molar-refractivity contribution >= 4 is 17.8 Å². The molecule has 0 aliphatic carbocycles. The number of unbranched alkanes of at least 4 members (excludes halogenated alkanes) is 3. The summed E-state index contributed by atoms with van der Waals surface area (Å²) in [7, 11) is 1.36. The van der Waals surface area contributed by atoms with Crippen LogP contribution < -0.4 is 10.1 Å². The maximum Gasteiger partial charge on any atom is 0.339 e. The van der Waals surface area contributed by atoms with Crippen molar-refractivity contribution in [2.24, 2.45) is 0 Å².